The zero-order valence-electron chi connectivity index (χ0n) is 13.1. The summed E-state index contributed by atoms with van der Waals surface area (Å²) in [6, 6.07) is 0. The molecule has 86 valence electrons. The van der Waals surface area contributed by atoms with Gasteiger partial charge in [0.15, 0.2) is 6.27 Å². The third kappa shape index (κ3) is 11.9. The van der Waals surface area contributed by atoms with Crippen LogP contribution in [0.5, 0.6) is 0 Å². The molecule has 2 heteroatoms. The fourth-order valence-corrected chi connectivity index (χ4v) is 1.37. The molecule has 0 aliphatic carbocycles. The van der Waals surface area contributed by atoms with Gasteiger partial charge in [0.2, 0.25) is 0 Å². The van der Waals surface area contributed by atoms with Crippen LogP contribution in [-0.2, 0) is 0 Å². The number of rotatable bonds is 10. The maximum absolute atomic E-state index is 8.94. The van der Waals surface area contributed by atoms with Gasteiger partial charge in [0, 0.05) is 4.11 Å². The number of aliphatic hydroxyl groups is 2. The van der Waals surface area contributed by atoms with Gasteiger partial charge in [0.25, 0.3) is 0 Å². The monoisotopic (exact) mass is 206 g/mol. The highest BCUT2D eigenvalue weighted by Crippen LogP contribution is 2.10. The summed E-state index contributed by atoms with van der Waals surface area (Å²) in [4.78, 5) is 0. The Morgan fingerprint density at radius 3 is 2.00 bits per heavy atom. The minimum absolute atomic E-state index is 0.253. The van der Waals surface area contributed by atoms with Crippen molar-refractivity contribution in [2.75, 3.05) is 0 Å². The molecule has 1 unspecified atom stereocenters. The molecule has 0 radical (unpaired) electrons. The third-order valence-corrected chi connectivity index (χ3v) is 2.18. The summed E-state index contributed by atoms with van der Waals surface area (Å²) in [5.74, 6) is 0. The zero-order chi connectivity index (χ0) is 14.2. The first-order chi connectivity index (χ1) is 8.23. The van der Waals surface area contributed by atoms with E-state index in [4.69, 9.17) is 15.7 Å². The molecule has 0 aliphatic rings. The van der Waals surface area contributed by atoms with E-state index in [1.807, 2.05) is 0 Å². The SMILES string of the molecule is [2H]C(CCCCCCCCC)C([2H])([2H])C([2H])(O)O. The van der Waals surface area contributed by atoms with Crippen LogP contribution < -0.4 is 0 Å². The third-order valence-electron chi connectivity index (χ3n) is 2.18. The summed E-state index contributed by atoms with van der Waals surface area (Å²) in [5.41, 5.74) is 0. The topological polar surface area (TPSA) is 40.5 Å². The fourth-order valence-electron chi connectivity index (χ4n) is 1.37. The minimum atomic E-state index is -3.19. The minimum Gasteiger partial charge on any atom is -0.368 e. The smallest absolute Gasteiger partial charge is 0.151 e. The lowest BCUT2D eigenvalue weighted by Crippen LogP contribution is -2.02. The zero-order valence-corrected chi connectivity index (χ0v) is 9.13. The summed E-state index contributed by atoms with van der Waals surface area (Å²) >= 11 is 0. The Morgan fingerprint density at radius 2 is 1.50 bits per heavy atom. The van der Waals surface area contributed by atoms with Gasteiger partial charge < -0.3 is 10.2 Å². The molecule has 0 aromatic rings. The van der Waals surface area contributed by atoms with Crippen molar-refractivity contribution in [1.82, 2.24) is 0 Å². The Balaban J connectivity index is 3.74. The van der Waals surface area contributed by atoms with Crippen molar-refractivity contribution >= 4 is 0 Å². The highest BCUT2D eigenvalue weighted by Gasteiger charge is 1.96. The van der Waals surface area contributed by atoms with E-state index in [0.29, 0.717) is 6.42 Å². The van der Waals surface area contributed by atoms with E-state index in [1.54, 1.807) is 0 Å². The average molecular weight is 206 g/mol. The first-order valence-electron chi connectivity index (χ1n) is 7.68. The molecule has 0 heterocycles. The Bertz CT molecular complexity index is 217. The second-order valence-electron chi connectivity index (χ2n) is 3.58. The van der Waals surface area contributed by atoms with Crippen LogP contribution >= 0.6 is 0 Å². The predicted octanol–water partition coefficient (Wildman–Crippen LogP) is 3.22. The van der Waals surface area contributed by atoms with Crippen LogP contribution in [0.1, 0.15) is 76.5 Å². The molecule has 0 aliphatic heterocycles. The Kier molecular flexibility index (Phi) is 6.38. The summed E-state index contributed by atoms with van der Waals surface area (Å²) in [6.45, 7) is 2.16. The normalized spacial score (nSPS) is 19.4. The van der Waals surface area contributed by atoms with Crippen LogP contribution in [0.15, 0.2) is 0 Å². The lowest BCUT2D eigenvalue weighted by Gasteiger charge is -2.03. The molecule has 2 nitrogen and oxygen atoms in total. The fraction of sp³-hybridized carbons (Fsp3) is 1.00. The van der Waals surface area contributed by atoms with E-state index >= 15 is 0 Å². The van der Waals surface area contributed by atoms with Gasteiger partial charge in [-0.05, 0) is 12.8 Å². The molecular formula is C12H26O2. The van der Waals surface area contributed by atoms with E-state index in [0.717, 1.165) is 19.3 Å². The van der Waals surface area contributed by atoms with E-state index in [9.17, 15) is 0 Å². The van der Waals surface area contributed by atoms with E-state index < -0.39 is 19.0 Å². The quantitative estimate of drug-likeness (QED) is 0.425. The summed E-state index contributed by atoms with van der Waals surface area (Å²) in [7, 11) is 0. The van der Waals surface area contributed by atoms with Gasteiger partial charge in [-0.2, -0.15) is 0 Å². The van der Waals surface area contributed by atoms with Gasteiger partial charge in [-0.1, -0.05) is 58.3 Å². The molecule has 14 heavy (non-hydrogen) atoms. The van der Waals surface area contributed by atoms with Crippen LogP contribution in [0.4, 0.5) is 0 Å². The number of hydrogen-bond donors (Lipinski definition) is 2. The van der Waals surface area contributed by atoms with Gasteiger partial charge in [-0.15, -0.1) is 0 Å². The molecule has 2 N–H and O–H groups in total. The molecule has 1 atom stereocenters. The summed E-state index contributed by atoms with van der Waals surface area (Å²) in [5, 5.41) is 17.9. The number of unbranched alkanes of at least 4 members (excludes halogenated alkanes) is 6. The van der Waals surface area contributed by atoms with Crippen LogP contribution in [0.3, 0.4) is 0 Å². The van der Waals surface area contributed by atoms with Gasteiger partial charge in [0.1, 0.15) is 0 Å². The maximum Gasteiger partial charge on any atom is 0.151 e. The lowest BCUT2D eigenvalue weighted by atomic mass is 10.1. The molecule has 0 bridgehead atoms. The number of hydrogen-bond acceptors (Lipinski definition) is 2. The lowest BCUT2D eigenvalue weighted by molar-refractivity contribution is -0.0466. The van der Waals surface area contributed by atoms with E-state index in [1.165, 1.54) is 19.3 Å². The van der Waals surface area contributed by atoms with Gasteiger partial charge in [-0.3, -0.25) is 0 Å². The van der Waals surface area contributed by atoms with Crippen LogP contribution in [0, 0.1) is 0 Å². The second kappa shape index (κ2) is 11.0. The molecule has 0 aromatic carbocycles. The van der Waals surface area contributed by atoms with Crippen molar-refractivity contribution in [3.63, 3.8) is 0 Å². The van der Waals surface area contributed by atoms with Crippen molar-refractivity contribution in [2.45, 2.75) is 77.3 Å². The standard InChI is InChI=1S/C12H26O2/c1-2-3-4-5-6-7-8-9-10-11-12(13)14/h12-14H,2-11H2,1H3/i10D,11D2,12D. The highest BCUT2D eigenvalue weighted by molar-refractivity contribution is 4.47. The average Bonchev–Trinajstić information content (AvgIpc) is 2.26. The molecule has 0 fully saturated rings. The molecular weight excluding hydrogens is 176 g/mol. The molecule has 0 saturated heterocycles. The Hall–Kier alpha value is -0.0800. The van der Waals surface area contributed by atoms with Crippen molar-refractivity contribution in [3.8, 4) is 0 Å². The molecule has 0 amide bonds. The van der Waals surface area contributed by atoms with Gasteiger partial charge in [-0.25, -0.2) is 0 Å². The molecule has 0 saturated carbocycles. The van der Waals surface area contributed by atoms with Crippen molar-refractivity contribution in [3.05, 3.63) is 0 Å². The largest absolute Gasteiger partial charge is 0.368 e. The maximum atomic E-state index is 8.94. The summed E-state index contributed by atoms with van der Waals surface area (Å²) < 4.78 is 29.1. The van der Waals surface area contributed by atoms with Crippen LogP contribution in [-0.4, -0.2) is 16.5 Å². The van der Waals surface area contributed by atoms with E-state index in [2.05, 4.69) is 6.92 Å². The van der Waals surface area contributed by atoms with Crippen molar-refractivity contribution in [2.24, 2.45) is 0 Å². The molecule has 0 spiro atoms. The van der Waals surface area contributed by atoms with Crippen LogP contribution in [0.25, 0.3) is 0 Å². The van der Waals surface area contributed by atoms with E-state index in [-0.39, 0.29) is 6.42 Å². The van der Waals surface area contributed by atoms with Crippen molar-refractivity contribution < 1.29 is 15.7 Å². The molecule has 0 aromatic heterocycles. The predicted molar refractivity (Wildman–Crippen MR) is 60.1 cm³/mol. The molecule has 0 rings (SSSR count). The van der Waals surface area contributed by atoms with Gasteiger partial charge >= 0.3 is 0 Å². The Labute approximate surface area is 94.0 Å². The second-order valence-corrected chi connectivity index (χ2v) is 3.58. The highest BCUT2D eigenvalue weighted by atomic mass is 16.5. The first-order valence-corrected chi connectivity index (χ1v) is 5.60. The first kappa shape index (κ1) is 8.12. The Morgan fingerprint density at radius 1 is 1.00 bits per heavy atom. The van der Waals surface area contributed by atoms with Crippen molar-refractivity contribution in [1.29, 1.82) is 0 Å². The van der Waals surface area contributed by atoms with Crippen LogP contribution in [0.2, 0.25) is 0 Å². The summed E-state index contributed by atoms with van der Waals surface area (Å²) in [6.07, 6.45) is 0.663. The van der Waals surface area contributed by atoms with Gasteiger partial charge in [0.05, 0.1) is 1.37 Å².